The Hall–Kier alpha value is -2.41. The minimum absolute atomic E-state index is 0.568. The van der Waals surface area contributed by atoms with Gasteiger partial charge >= 0.3 is 0 Å². The first-order valence-corrected chi connectivity index (χ1v) is 10.7. The quantitative estimate of drug-likeness (QED) is 0.529. The van der Waals surface area contributed by atoms with Gasteiger partial charge in [-0.15, -0.1) is 10.2 Å². The molecule has 1 aliphatic rings. The second-order valence-corrected chi connectivity index (χ2v) is 8.29. The Morgan fingerprint density at radius 1 is 1.21 bits per heavy atom. The molecular formula is C22H35N7. The van der Waals surface area contributed by atoms with Gasteiger partial charge in [-0.2, -0.15) is 0 Å². The van der Waals surface area contributed by atoms with Crippen LogP contribution < -0.4 is 10.6 Å². The number of rotatable bonds is 8. The lowest BCUT2D eigenvalue weighted by Crippen LogP contribution is -2.45. The van der Waals surface area contributed by atoms with E-state index in [-0.39, 0.29) is 0 Å². The fourth-order valence-electron chi connectivity index (χ4n) is 3.75. The normalized spacial score (nSPS) is 17.8. The van der Waals surface area contributed by atoms with Crippen molar-refractivity contribution in [1.82, 2.24) is 30.3 Å². The van der Waals surface area contributed by atoms with Crippen LogP contribution in [0.1, 0.15) is 43.9 Å². The number of benzene rings is 1. The second kappa shape index (κ2) is 10.4. The summed E-state index contributed by atoms with van der Waals surface area (Å²) in [5.74, 6) is 3.33. The molecule has 7 nitrogen and oxygen atoms in total. The van der Waals surface area contributed by atoms with Crippen LogP contribution in [0.4, 0.5) is 0 Å². The highest BCUT2D eigenvalue weighted by atomic mass is 15.3. The average Bonchev–Trinajstić information content (AvgIpc) is 3.28. The van der Waals surface area contributed by atoms with Gasteiger partial charge in [0.2, 0.25) is 0 Å². The van der Waals surface area contributed by atoms with Crippen LogP contribution in [0.5, 0.6) is 0 Å². The van der Waals surface area contributed by atoms with E-state index in [9.17, 15) is 0 Å². The number of aliphatic imine (C=N–C) groups is 1. The lowest BCUT2D eigenvalue weighted by Gasteiger charge is -2.27. The van der Waals surface area contributed by atoms with Gasteiger partial charge in [0.15, 0.2) is 11.8 Å². The molecule has 2 aromatic rings. The third-order valence-corrected chi connectivity index (χ3v) is 5.46. The highest BCUT2D eigenvalue weighted by Gasteiger charge is 2.24. The number of aromatic nitrogens is 3. The third kappa shape index (κ3) is 6.29. The number of nitrogens with one attached hydrogen (secondary N) is 2. The minimum Gasteiger partial charge on any atom is -0.355 e. The van der Waals surface area contributed by atoms with Crippen molar-refractivity contribution >= 4 is 5.96 Å². The maximum Gasteiger partial charge on any atom is 0.192 e. The summed E-state index contributed by atoms with van der Waals surface area (Å²) in [4.78, 5) is 7.42. The van der Waals surface area contributed by atoms with Crippen molar-refractivity contribution in [2.45, 2.75) is 52.7 Å². The van der Waals surface area contributed by atoms with Crippen LogP contribution in [0.3, 0.4) is 0 Å². The van der Waals surface area contributed by atoms with E-state index in [2.05, 4.69) is 63.8 Å². The SMILES string of the molecule is Cc1nnc(CNC(=NCc2ccccc2)NC[C@H]2CCCN2CC(C)C)n1C. The standard InChI is InChI=1S/C22H35N7/c1-17(2)16-29-12-8-11-20(29)14-24-22(23-13-19-9-6-5-7-10-19)25-15-21-27-26-18(3)28(21)4/h5-7,9-10,17,20H,8,11-16H2,1-4H3,(H2,23,24,25)/t20-/m1/s1. The van der Waals surface area contributed by atoms with Crippen molar-refractivity contribution in [2.24, 2.45) is 18.0 Å². The number of guanidine groups is 1. The van der Waals surface area contributed by atoms with Crippen LogP contribution >= 0.6 is 0 Å². The van der Waals surface area contributed by atoms with Crippen LogP contribution in [0.15, 0.2) is 35.3 Å². The lowest BCUT2D eigenvalue weighted by atomic mass is 10.1. The molecule has 7 heteroatoms. The van der Waals surface area contributed by atoms with Gasteiger partial charge < -0.3 is 15.2 Å². The summed E-state index contributed by atoms with van der Waals surface area (Å²) in [7, 11) is 1.99. The number of likely N-dealkylation sites (tertiary alicyclic amines) is 1. The molecule has 0 bridgehead atoms. The van der Waals surface area contributed by atoms with E-state index in [0.717, 1.165) is 30.7 Å². The topological polar surface area (TPSA) is 70.4 Å². The third-order valence-electron chi connectivity index (χ3n) is 5.46. The highest BCUT2D eigenvalue weighted by Crippen LogP contribution is 2.18. The Balaban J connectivity index is 1.62. The van der Waals surface area contributed by atoms with E-state index in [0.29, 0.717) is 25.0 Å². The second-order valence-electron chi connectivity index (χ2n) is 8.29. The summed E-state index contributed by atoms with van der Waals surface area (Å²) in [5.41, 5.74) is 1.20. The molecule has 1 aromatic heterocycles. The van der Waals surface area contributed by atoms with Crippen molar-refractivity contribution in [1.29, 1.82) is 0 Å². The molecular weight excluding hydrogens is 362 g/mol. The fraction of sp³-hybridized carbons (Fsp3) is 0.591. The van der Waals surface area contributed by atoms with Gasteiger partial charge in [-0.25, -0.2) is 4.99 Å². The van der Waals surface area contributed by atoms with Crippen LogP contribution in [0.25, 0.3) is 0 Å². The van der Waals surface area contributed by atoms with Gasteiger partial charge in [0, 0.05) is 26.2 Å². The van der Waals surface area contributed by atoms with Crippen LogP contribution in [-0.2, 0) is 20.1 Å². The molecule has 1 aromatic carbocycles. The molecule has 1 atom stereocenters. The predicted octanol–water partition coefficient (Wildman–Crippen LogP) is 2.48. The zero-order valence-electron chi connectivity index (χ0n) is 18.2. The molecule has 0 radical (unpaired) electrons. The first-order valence-electron chi connectivity index (χ1n) is 10.7. The van der Waals surface area contributed by atoms with Crippen LogP contribution in [0, 0.1) is 12.8 Å². The number of hydrogen-bond donors (Lipinski definition) is 2. The van der Waals surface area contributed by atoms with Gasteiger partial charge in [0.05, 0.1) is 13.1 Å². The van der Waals surface area contributed by atoms with Gasteiger partial charge in [-0.05, 0) is 37.8 Å². The van der Waals surface area contributed by atoms with E-state index in [1.165, 1.54) is 24.9 Å². The maximum absolute atomic E-state index is 4.81. The first kappa shape index (κ1) is 21.3. The predicted molar refractivity (Wildman–Crippen MR) is 118 cm³/mol. The fourth-order valence-corrected chi connectivity index (χ4v) is 3.75. The molecule has 0 aliphatic carbocycles. The Morgan fingerprint density at radius 2 is 2.00 bits per heavy atom. The summed E-state index contributed by atoms with van der Waals surface area (Å²) in [6.45, 7) is 11.1. The molecule has 2 N–H and O–H groups in total. The Bertz CT molecular complexity index is 782. The number of hydrogen-bond acceptors (Lipinski definition) is 4. The van der Waals surface area contributed by atoms with Gasteiger partial charge in [-0.3, -0.25) is 4.90 Å². The van der Waals surface area contributed by atoms with Crippen molar-refractivity contribution < 1.29 is 0 Å². The Morgan fingerprint density at radius 3 is 2.69 bits per heavy atom. The monoisotopic (exact) mass is 397 g/mol. The van der Waals surface area contributed by atoms with E-state index < -0.39 is 0 Å². The van der Waals surface area contributed by atoms with E-state index in [1.54, 1.807) is 0 Å². The molecule has 1 saturated heterocycles. The summed E-state index contributed by atoms with van der Waals surface area (Å²) in [6, 6.07) is 10.9. The maximum atomic E-state index is 4.81. The van der Waals surface area contributed by atoms with Crippen LogP contribution in [-0.4, -0.2) is 51.3 Å². The Kier molecular flexibility index (Phi) is 7.63. The van der Waals surface area contributed by atoms with E-state index >= 15 is 0 Å². The zero-order valence-corrected chi connectivity index (χ0v) is 18.2. The van der Waals surface area contributed by atoms with Crippen LogP contribution in [0.2, 0.25) is 0 Å². The molecule has 0 saturated carbocycles. The molecule has 2 heterocycles. The minimum atomic E-state index is 0.568. The molecule has 0 spiro atoms. The lowest BCUT2D eigenvalue weighted by molar-refractivity contribution is 0.226. The molecule has 0 unspecified atom stereocenters. The van der Waals surface area contributed by atoms with Crippen molar-refractivity contribution in [3.05, 3.63) is 47.5 Å². The average molecular weight is 398 g/mol. The molecule has 29 heavy (non-hydrogen) atoms. The molecule has 0 amide bonds. The summed E-state index contributed by atoms with van der Waals surface area (Å²) in [5, 5.41) is 15.4. The smallest absolute Gasteiger partial charge is 0.192 e. The Labute approximate surface area is 174 Å². The molecule has 1 fully saturated rings. The van der Waals surface area contributed by atoms with Gasteiger partial charge in [-0.1, -0.05) is 44.2 Å². The zero-order chi connectivity index (χ0) is 20.6. The van der Waals surface area contributed by atoms with Gasteiger partial charge in [0.1, 0.15) is 5.82 Å². The first-order chi connectivity index (χ1) is 14.0. The van der Waals surface area contributed by atoms with Crippen molar-refractivity contribution in [3.63, 3.8) is 0 Å². The highest BCUT2D eigenvalue weighted by molar-refractivity contribution is 5.79. The number of nitrogens with zero attached hydrogens (tertiary/aromatic N) is 5. The van der Waals surface area contributed by atoms with E-state index in [4.69, 9.17) is 4.99 Å². The molecule has 1 aliphatic heterocycles. The van der Waals surface area contributed by atoms with Crippen molar-refractivity contribution in [2.75, 3.05) is 19.6 Å². The summed E-state index contributed by atoms with van der Waals surface area (Å²) in [6.07, 6.45) is 2.52. The van der Waals surface area contributed by atoms with Crippen molar-refractivity contribution in [3.8, 4) is 0 Å². The molecule has 158 valence electrons. The number of aryl methyl sites for hydroxylation is 1. The molecule has 3 rings (SSSR count). The summed E-state index contributed by atoms with van der Waals surface area (Å²) >= 11 is 0. The van der Waals surface area contributed by atoms with E-state index in [1.807, 2.05) is 24.6 Å². The summed E-state index contributed by atoms with van der Waals surface area (Å²) < 4.78 is 2.00. The largest absolute Gasteiger partial charge is 0.355 e. The van der Waals surface area contributed by atoms with Gasteiger partial charge in [0.25, 0.3) is 0 Å².